The maximum Gasteiger partial charge on any atom is 0.290 e. The molecule has 5 heterocycles. The number of nitrogens with one attached hydrogen (secondary N) is 1. The summed E-state index contributed by atoms with van der Waals surface area (Å²) < 4.78 is 28.0. The molecule has 5 rings (SSSR count). The van der Waals surface area contributed by atoms with E-state index in [-0.39, 0.29) is 47.7 Å². The minimum atomic E-state index is -2.30. The number of aryl methyl sites for hydroxylation is 1. The van der Waals surface area contributed by atoms with Crippen molar-refractivity contribution >= 4 is 88.0 Å². The number of hydrogen-bond donors (Lipinski definition) is 4. The minimum absolute atomic E-state index is 0.0628. The van der Waals surface area contributed by atoms with Gasteiger partial charge in [-0.25, -0.2) is 9.55 Å². The minimum Gasteiger partial charge on any atom is -0.543 e. The van der Waals surface area contributed by atoms with E-state index in [1.54, 1.807) is 24.4 Å². The van der Waals surface area contributed by atoms with E-state index in [4.69, 9.17) is 34.5 Å². The number of thioether (sulfide) groups is 2. The van der Waals surface area contributed by atoms with E-state index >= 15 is 0 Å². The van der Waals surface area contributed by atoms with Crippen molar-refractivity contribution in [2.75, 3.05) is 18.1 Å². The predicted octanol–water partition coefficient (Wildman–Crippen LogP) is -0.636. The molecule has 238 valence electrons. The predicted molar refractivity (Wildman–Crippen MR) is 162 cm³/mol. The van der Waals surface area contributed by atoms with Crippen molar-refractivity contribution in [2.24, 2.45) is 12.1 Å². The van der Waals surface area contributed by atoms with Crippen molar-refractivity contribution in [1.29, 1.82) is 0 Å². The smallest absolute Gasteiger partial charge is 0.290 e. The highest BCUT2D eigenvalue weighted by Crippen LogP contribution is 2.45. The number of nitrogen functional groups attached to an aromatic ring is 1. The topological polar surface area (TPSA) is 254 Å². The third kappa shape index (κ3) is 8.53. The van der Waals surface area contributed by atoms with Crippen LogP contribution >= 0.6 is 46.4 Å². The number of carbonyl (C=O) groups excluding carboxylic acids is 3. The summed E-state index contributed by atoms with van der Waals surface area (Å²) in [6, 6.07) is 2.22. The molecule has 3 aromatic rings. The summed E-state index contributed by atoms with van der Waals surface area (Å²) in [6.07, 6.45) is 2.87. The van der Waals surface area contributed by atoms with Gasteiger partial charge in [-0.1, -0.05) is 16.9 Å². The molecule has 2 aliphatic rings. The summed E-state index contributed by atoms with van der Waals surface area (Å²) in [7, 11) is 0. The van der Waals surface area contributed by atoms with Gasteiger partial charge < -0.3 is 36.0 Å². The molecule has 0 unspecified atom stereocenters. The van der Waals surface area contributed by atoms with Gasteiger partial charge in [-0.2, -0.15) is 9.36 Å². The molecule has 0 saturated carbocycles. The van der Waals surface area contributed by atoms with Crippen molar-refractivity contribution in [3.63, 3.8) is 0 Å². The summed E-state index contributed by atoms with van der Waals surface area (Å²) in [5.41, 5.74) is 6.33. The Morgan fingerprint density at radius 2 is 2.02 bits per heavy atom. The van der Waals surface area contributed by atoms with Gasteiger partial charge in [0, 0.05) is 45.3 Å². The normalized spacial score (nSPS) is 18.2. The van der Waals surface area contributed by atoms with E-state index in [1.807, 2.05) is 0 Å². The van der Waals surface area contributed by atoms with Crippen LogP contribution in [0.4, 0.5) is 5.13 Å². The van der Waals surface area contributed by atoms with Crippen LogP contribution < -0.4 is 20.7 Å². The second kappa shape index (κ2) is 16.5. The van der Waals surface area contributed by atoms with Crippen LogP contribution in [-0.2, 0) is 35.8 Å². The van der Waals surface area contributed by atoms with E-state index in [0.29, 0.717) is 20.5 Å². The summed E-state index contributed by atoms with van der Waals surface area (Å²) in [5, 5.41) is 33.5. The Labute approximate surface area is 275 Å². The molecule has 0 radical (unpaired) electrons. The van der Waals surface area contributed by atoms with Crippen LogP contribution in [0.3, 0.4) is 0 Å². The van der Waals surface area contributed by atoms with Crippen molar-refractivity contribution in [1.82, 2.24) is 24.6 Å². The average Bonchev–Trinajstić information content (AvgIpc) is 3.69. The molecule has 2 amide bonds. The van der Waals surface area contributed by atoms with Crippen LogP contribution in [0.15, 0.2) is 50.0 Å². The van der Waals surface area contributed by atoms with Gasteiger partial charge in [0.05, 0.1) is 17.4 Å². The molecular formula is C24H24N8O9S4. The van der Waals surface area contributed by atoms with Crippen molar-refractivity contribution < 1.29 is 52.8 Å². The first kappa shape index (κ1) is 30.4. The molecule has 1 saturated heterocycles. The Hall–Kier alpha value is -4.60. The first-order valence-corrected chi connectivity index (χ1v) is 15.6. The van der Waals surface area contributed by atoms with Crippen LogP contribution in [0.2, 0.25) is 0 Å². The molecule has 2 aliphatic heterocycles. The Balaban J connectivity index is 0.000000969. The Kier molecular flexibility index (Phi) is 11.1. The Bertz CT molecular complexity index is 1710. The van der Waals surface area contributed by atoms with E-state index in [9.17, 15) is 19.5 Å². The molecule has 2 atom stereocenters. The molecule has 1 fully saturated rings. The summed E-state index contributed by atoms with van der Waals surface area (Å²) in [5.74, 6) is -2.79. The number of pyridine rings is 1. The highest BCUT2D eigenvalue weighted by atomic mass is 32.2. The molecule has 0 aliphatic carbocycles. The Morgan fingerprint density at radius 1 is 1.33 bits per heavy atom. The van der Waals surface area contributed by atoms with Crippen LogP contribution in [0.5, 0.6) is 0 Å². The lowest BCUT2D eigenvalue weighted by Gasteiger charge is -2.50. The van der Waals surface area contributed by atoms with Crippen LogP contribution in [0.1, 0.15) is 16.9 Å². The number of nitrogens with two attached hydrogens (primary N) is 1. The number of fused-ring (bicyclic) bond motifs is 1. The zero-order chi connectivity index (χ0) is 35.6. The lowest BCUT2D eigenvalue weighted by molar-refractivity contribution is -0.671. The van der Waals surface area contributed by atoms with Gasteiger partial charge in [-0.05, 0) is 6.92 Å². The van der Waals surface area contributed by atoms with Crippen molar-refractivity contribution in [2.45, 2.75) is 22.7 Å². The van der Waals surface area contributed by atoms with Gasteiger partial charge in [-0.15, -0.1) is 23.1 Å². The zero-order valence-corrected chi connectivity index (χ0v) is 26.0. The van der Waals surface area contributed by atoms with Crippen LogP contribution in [-0.4, -0.2) is 89.7 Å². The molecular weight excluding hydrogens is 674 g/mol. The van der Waals surface area contributed by atoms with Crippen LogP contribution in [0, 0.1) is 0 Å². The van der Waals surface area contributed by atoms with E-state index in [1.165, 1.54) is 35.5 Å². The van der Waals surface area contributed by atoms with Gasteiger partial charge in [-0.3, -0.25) is 24.1 Å². The summed E-state index contributed by atoms with van der Waals surface area (Å²) in [4.78, 5) is 69.9. The number of carboxylic acids is 1. The number of amides is 2. The third-order valence-electron chi connectivity index (χ3n) is 5.39. The van der Waals surface area contributed by atoms with E-state index in [0.717, 1.165) is 32.8 Å². The molecule has 17 nitrogen and oxygen atoms in total. The number of oxime groups is 1. The van der Waals surface area contributed by atoms with Crippen molar-refractivity contribution in [3.05, 3.63) is 46.3 Å². The molecule has 0 spiro atoms. The molecule has 3 aromatic heterocycles. The number of anilines is 1. The number of aliphatic carboxylic acids is 1. The average molecular weight is 701 g/mol. The lowest BCUT2D eigenvalue weighted by atomic mass is 10.0. The largest absolute Gasteiger partial charge is 0.543 e. The van der Waals surface area contributed by atoms with Crippen molar-refractivity contribution in [3.8, 4) is 11.3 Å². The fraction of sp³-hybridized carbons (Fsp3) is 0.250. The second-order valence-corrected chi connectivity index (χ2v) is 12.1. The molecule has 21 heteroatoms. The first-order valence-electron chi connectivity index (χ1n) is 13.6. The maximum atomic E-state index is 13.1. The van der Waals surface area contributed by atoms with Gasteiger partial charge in [0.25, 0.3) is 24.8 Å². The molecule has 0 bridgehead atoms. The first-order chi connectivity index (χ1) is 22.8. The number of thiazole rings is 1. The number of β-lactam (4-membered cyclic amide) rings is 1. The monoisotopic (exact) mass is 700 g/mol. The fourth-order valence-corrected chi connectivity index (χ4v) is 7.54. The summed E-state index contributed by atoms with van der Waals surface area (Å²) >= 11 is 4.51. The number of carboxylic acid groups (broad SMARTS) is 3. The molecule has 45 heavy (non-hydrogen) atoms. The number of hydrogen-bond acceptors (Lipinski definition) is 16. The zero-order valence-electron chi connectivity index (χ0n) is 25.8. The number of aromatic nitrogens is 4. The van der Waals surface area contributed by atoms with Gasteiger partial charge >= 0.3 is 0 Å². The highest BCUT2D eigenvalue weighted by molar-refractivity contribution is 8.07. The van der Waals surface area contributed by atoms with E-state index < -0.39 is 36.2 Å². The lowest BCUT2D eigenvalue weighted by Crippen LogP contribution is -2.71. The summed E-state index contributed by atoms with van der Waals surface area (Å²) in [6.45, 7) is -0.960. The van der Waals surface area contributed by atoms with Gasteiger partial charge in [0.15, 0.2) is 21.9 Å². The standard InChI is InChI=1S/C22H20N8O5S4.2CH2O2/c1-3-35-27-13(16-26-21(23)39-28-16)17(31)25-14-18(32)30-15(20(33)34)12(9-36-19(14)30)38-22-24-11(8-37-22)10-4-6-29(2)7-5-10;2*2-1-3/h4-8,14,19H,3,9H2,1-2H3,(H3-,23,25,26,28,31,33,34);2*1H,(H,2,3)/b27-13-;;/t14-,19-;;/m1../s1/i2+1D3;;. The quantitative estimate of drug-likeness (QED) is 0.0541. The Morgan fingerprint density at radius 3 is 2.60 bits per heavy atom. The molecule has 5 N–H and O–H groups in total. The van der Waals surface area contributed by atoms with Crippen LogP contribution in [0.25, 0.3) is 11.3 Å². The van der Waals surface area contributed by atoms with E-state index in [2.05, 4.69) is 24.8 Å². The third-order valence-corrected chi connectivity index (χ3v) is 9.41. The maximum absolute atomic E-state index is 13.1. The second-order valence-electron chi connectivity index (χ2n) is 8.04. The number of rotatable bonds is 9. The fourth-order valence-electron chi connectivity index (χ4n) is 3.65. The number of carbonyl (C=O) groups is 5. The number of nitrogens with zero attached hydrogens (tertiary/aromatic N) is 6. The SMILES string of the molecule is O=CO.O=CO.[2H][13C]([2H])([2H])[n+]1ccc(-c2csc(SC3=C(C(=O)[O-])N4C(=O)[C@@H](NC(=O)/C(=N\OCC)c5nsc(N)n5)[C@H]4SC3)n2)cc1. The van der Waals surface area contributed by atoms with Gasteiger partial charge in [0.2, 0.25) is 11.5 Å². The highest BCUT2D eigenvalue weighted by Gasteiger charge is 2.53. The van der Waals surface area contributed by atoms with Gasteiger partial charge in [0.1, 0.15) is 29.1 Å². The molecule has 0 aromatic carbocycles.